The first-order chi connectivity index (χ1) is 8.83. The van der Waals surface area contributed by atoms with Crippen molar-refractivity contribution in [2.24, 2.45) is 0 Å². The molecule has 1 aliphatic rings. The summed E-state index contributed by atoms with van der Waals surface area (Å²) in [7, 11) is 0. The predicted molar refractivity (Wildman–Crippen MR) is 76.0 cm³/mol. The van der Waals surface area contributed by atoms with Gasteiger partial charge in [-0.05, 0) is 38.4 Å². The van der Waals surface area contributed by atoms with Crippen molar-refractivity contribution in [1.82, 2.24) is 14.7 Å². The Kier molecular flexibility index (Phi) is 5.51. The maximum atomic E-state index is 5.75. The molecule has 102 valence electrons. The molecule has 0 unspecified atom stereocenters. The van der Waals surface area contributed by atoms with Crippen molar-refractivity contribution in [3.8, 4) is 0 Å². The maximum Gasteiger partial charge on any atom is 0.0764 e. The Balaban J connectivity index is 1.88. The van der Waals surface area contributed by atoms with Gasteiger partial charge in [0.2, 0.25) is 0 Å². The highest BCUT2D eigenvalue weighted by Gasteiger charge is 2.17. The fourth-order valence-electron chi connectivity index (χ4n) is 2.70. The number of alkyl halides is 1. The Hall–Kier alpha value is -0.540. The first-order valence-electron chi connectivity index (χ1n) is 7.16. The van der Waals surface area contributed by atoms with Crippen molar-refractivity contribution in [3.05, 3.63) is 18.0 Å². The molecule has 1 fully saturated rings. The summed E-state index contributed by atoms with van der Waals surface area (Å²) in [5.74, 6) is 0.743. The Morgan fingerprint density at radius 3 is 2.89 bits per heavy atom. The molecular formula is C14H24ClN3. The predicted octanol–water partition coefficient (Wildman–Crippen LogP) is 3.45. The Morgan fingerprint density at radius 2 is 2.22 bits per heavy atom. The third-order valence-electron chi connectivity index (χ3n) is 3.80. The molecule has 0 bridgehead atoms. The Labute approximate surface area is 115 Å². The monoisotopic (exact) mass is 269 g/mol. The van der Waals surface area contributed by atoms with E-state index in [1.165, 1.54) is 31.4 Å². The number of halogens is 1. The zero-order valence-corrected chi connectivity index (χ0v) is 12.1. The molecule has 0 spiro atoms. The normalized spacial score (nSPS) is 16.8. The molecule has 1 aliphatic carbocycles. The topological polar surface area (TPSA) is 21.1 Å². The van der Waals surface area contributed by atoms with E-state index < -0.39 is 0 Å². The molecule has 4 heteroatoms. The third-order valence-corrected chi connectivity index (χ3v) is 4.07. The molecule has 0 amide bonds. The summed E-state index contributed by atoms with van der Waals surface area (Å²) >= 11 is 5.75. The van der Waals surface area contributed by atoms with Crippen LogP contribution in [0, 0.1) is 0 Å². The summed E-state index contributed by atoms with van der Waals surface area (Å²) in [6.45, 7) is 5.28. The third kappa shape index (κ3) is 3.72. The molecule has 1 aromatic heterocycles. The van der Waals surface area contributed by atoms with Crippen molar-refractivity contribution >= 4 is 11.6 Å². The van der Waals surface area contributed by atoms with E-state index in [0.29, 0.717) is 6.04 Å². The van der Waals surface area contributed by atoms with Gasteiger partial charge in [-0.25, -0.2) is 0 Å². The van der Waals surface area contributed by atoms with Gasteiger partial charge in [-0.3, -0.25) is 9.58 Å². The summed E-state index contributed by atoms with van der Waals surface area (Å²) in [6, 6.07) is 2.82. The second-order valence-electron chi connectivity index (χ2n) is 5.14. The van der Waals surface area contributed by atoms with Crippen LogP contribution in [0.5, 0.6) is 0 Å². The van der Waals surface area contributed by atoms with E-state index in [9.17, 15) is 0 Å². The average molecular weight is 270 g/mol. The highest BCUT2D eigenvalue weighted by molar-refractivity contribution is 6.17. The van der Waals surface area contributed by atoms with Gasteiger partial charge in [-0.2, -0.15) is 5.10 Å². The highest BCUT2D eigenvalue weighted by atomic mass is 35.5. The lowest BCUT2D eigenvalue weighted by molar-refractivity contribution is 0.276. The SMILES string of the molecule is CCN(CCCCl)Cc1ccn(C2CCCC2)n1. The van der Waals surface area contributed by atoms with Crippen LogP contribution in [0.4, 0.5) is 0 Å². The quantitative estimate of drug-likeness (QED) is 0.707. The standard InChI is InChI=1S/C14H24ClN3/c1-2-17(10-5-9-15)12-13-8-11-18(16-13)14-6-3-4-7-14/h8,11,14H,2-7,9-10,12H2,1H3. The van der Waals surface area contributed by atoms with Gasteiger partial charge in [0.05, 0.1) is 11.7 Å². The van der Waals surface area contributed by atoms with Crippen LogP contribution in [-0.4, -0.2) is 33.6 Å². The molecular weight excluding hydrogens is 246 g/mol. The van der Waals surface area contributed by atoms with Gasteiger partial charge in [0.15, 0.2) is 0 Å². The van der Waals surface area contributed by atoms with Crippen molar-refractivity contribution in [2.75, 3.05) is 19.0 Å². The number of nitrogens with zero attached hydrogens (tertiary/aromatic N) is 3. The lowest BCUT2D eigenvalue weighted by atomic mass is 10.3. The maximum absolute atomic E-state index is 5.75. The minimum atomic E-state index is 0.650. The minimum Gasteiger partial charge on any atom is -0.298 e. The fourth-order valence-corrected chi connectivity index (χ4v) is 2.81. The molecule has 0 N–H and O–H groups in total. The molecule has 0 aliphatic heterocycles. The van der Waals surface area contributed by atoms with Crippen LogP contribution >= 0.6 is 11.6 Å². The van der Waals surface area contributed by atoms with Crippen molar-refractivity contribution in [2.45, 2.75) is 51.6 Å². The van der Waals surface area contributed by atoms with E-state index in [0.717, 1.165) is 31.9 Å². The van der Waals surface area contributed by atoms with Crippen LogP contribution in [0.15, 0.2) is 12.3 Å². The number of hydrogen-bond acceptors (Lipinski definition) is 2. The molecule has 1 heterocycles. The second kappa shape index (κ2) is 7.15. The van der Waals surface area contributed by atoms with Crippen LogP contribution in [0.1, 0.15) is 50.8 Å². The van der Waals surface area contributed by atoms with E-state index in [4.69, 9.17) is 16.7 Å². The van der Waals surface area contributed by atoms with Crippen LogP contribution in [0.2, 0.25) is 0 Å². The summed E-state index contributed by atoms with van der Waals surface area (Å²) in [4.78, 5) is 2.41. The van der Waals surface area contributed by atoms with Crippen LogP contribution in [0.25, 0.3) is 0 Å². The minimum absolute atomic E-state index is 0.650. The van der Waals surface area contributed by atoms with Crippen molar-refractivity contribution in [3.63, 3.8) is 0 Å². The number of aromatic nitrogens is 2. The molecule has 0 atom stereocenters. The first kappa shape index (κ1) is 13.9. The van der Waals surface area contributed by atoms with Gasteiger partial charge in [0.25, 0.3) is 0 Å². The molecule has 0 aromatic carbocycles. The number of hydrogen-bond donors (Lipinski definition) is 0. The van der Waals surface area contributed by atoms with E-state index in [1.807, 2.05) is 0 Å². The second-order valence-corrected chi connectivity index (χ2v) is 5.51. The average Bonchev–Trinajstić information content (AvgIpc) is 3.04. The molecule has 0 radical (unpaired) electrons. The molecule has 0 saturated heterocycles. The van der Waals surface area contributed by atoms with Gasteiger partial charge >= 0.3 is 0 Å². The van der Waals surface area contributed by atoms with Crippen molar-refractivity contribution < 1.29 is 0 Å². The van der Waals surface area contributed by atoms with E-state index in [1.54, 1.807) is 0 Å². The van der Waals surface area contributed by atoms with Crippen LogP contribution in [0.3, 0.4) is 0 Å². The molecule has 18 heavy (non-hydrogen) atoms. The van der Waals surface area contributed by atoms with E-state index in [-0.39, 0.29) is 0 Å². The molecule has 3 nitrogen and oxygen atoms in total. The largest absolute Gasteiger partial charge is 0.298 e. The van der Waals surface area contributed by atoms with Crippen molar-refractivity contribution in [1.29, 1.82) is 0 Å². The van der Waals surface area contributed by atoms with Gasteiger partial charge < -0.3 is 0 Å². The first-order valence-corrected chi connectivity index (χ1v) is 7.69. The molecule has 2 rings (SSSR count). The molecule has 1 saturated carbocycles. The smallest absolute Gasteiger partial charge is 0.0764 e. The van der Waals surface area contributed by atoms with E-state index in [2.05, 4.69) is 28.8 Å². The van der Waals surface area contributed by atoms with Gasteiger partial charge in [0, 0.05) is 18.6 Å². The fraction of sp³-hybridized carbons (Fsp3) is 0.786. The highest BCUT2D eigenvalue weighted by Crippen LogP contribution is 2.28. The van der Waals surface area contributed by atoms with Gasteiger partial charge in [-0.1, -0.05) is 19.8 Å². The number of rotatable bonds is 7. The van der Waals surface area contributed by atoms with E-state index >= 15 is 0 Å². The van der Waals surface area contributed by atoms with Gasteiger partial charge in [-0.15, -0.1) is 11.6 Å². The zero-order valence-electron chi connectivity index (χ0n) is 11.3. The zero-order chi connectivity index (χ0) is 12.8. The van der Waals surface area contributed by atoms with Crippen LogP contribution < -0.4 is 0 Å². The summed E-state index contributed by atoms with van der Waals surface area (Å²) in [5.41, 5.74) is 1.19. The summed E-state index contributed by atoms with van der Waals surface area (Å²) in [5, 5.41) is 4.73. The lowest BCUT2D eigenvalue weighted by Gasteiger charge is -2.18. The Morgan fingerprint density at radius 1 is 1.44 bits per heavy atom. The summed E-state index contributed by atoms with van der Waals surface area (Å²) in [6.07, 6.45) is 8.52. The molecule has 1 aromatic rings. The van der Waals surface area contributed by atoms with Crippen LogP contribution in [-0.2, 0) is 6.54 Å². The summed E-state index contributed by atoms with van der Waals surface area (Å²) < 4.78 is 2.18. The van der Waals surface area contributed by atoms with Gasteiger partial charge in [0.1, 0.15) is 0 Å². The lowest BCUT2D eigenvalue weighted by Crippen LogP contribution is -2.24. The Bertz CT molecular complexity index is 345.